The number of nitrogens with one attached hydrogen (secondary N) is 2. The third-order valence-corrected chi connectivity index (χ3v) is 7.27. The van der Waals surface area contributed by atoms with Crippen LogP contribution in [0.2, 0.25) is 5.02 Å². The number of H-pyrrole nitrogens is 1. The normalized spacial score (nSPS) is 13.0. The predicted octanol–water partition coefficient (Wildman–Crippen LogP) is 6.29. The fourth-order valence-electron chi connectivity index (χ4n) is 4.42. The van der Waals surface area contributed by atoms with Crippen LogP contribution in [0.4, 0.5) is 5.69 Å². The molecule has 214 valence electrons. The monoisotopic (exact) mass is 567 g/mol. The molecule has 0 fully saturated rings. The number of benzene rings is 2. The summed E-state index contributed by atoms with van der Waals surface area (Å²) in [5.41, 5.74) is 6.42. The number of anilines is 1. The minimum absolute atomic E-state index is 0.0892. The molecular weight excluding hydrogens is 530 g/mol. The van der Waals surface area contributed by atoms with Crippen LogP contribution in [0.15, 0.2) is 36.4 Å². The highest BCUT2D eigenvalue weighted by Crippen LogP contribution is 2.26. The maximum absolute atomic E-state index is 13.0. The Labute approximate surface area is 240 Å². The van der Waals surface area contributed by atoms with E-state index in [0.29, 0.717) is 35.3 Å². The Morgan fingerprint density at radius 3 is 2.62 bits per heavy atom. The number of hydrogen-bond donors (Lipinski definition) is 2. The lowest BCUT2D eigenvalue weighted by atomic mass is 9.96. The number of carbonyl (C=O) groups is 1. The van der Waals surface area contributed by atoms with Gasteiger partial charge in [-0.1, -0.05) is 42.3 Å². The number of fused-ring (bicyclic) bond motifs is 1. The van der Waals surface area contributed by atoms with E-state index in [1.165, 1.54) is 0 Å². The molecule has 0 spiro atoms. The molecule has 2 unspecified atom stereocenters. The summed E-state index contributed by atoms with van der Waals surface area (Å²) in [5.74, 6) is 1.30. The minimum atomic E-state index is -0.661. The number of rotatable bonds is 13. The van der Waals surface area contributed by atoms with Gasteiger partial charge in [-0.3, -0.25) is 9.89 Å². The van der Waals surface area contributed by atoms with E-state index in [4.69, 9.17) is 25.8 Å². The standard InChI is InChI=1S/C30H38ClN5O4/c1-7-38-17-39-16-24-11-12-25(32-30(37)22(6)40-26-13-8-18(2)14-20(26)4)15-23(24)10-9-19(3)28-33-29-27(31)21(5)34-36(29)35-28/h8,11-15,19,22,34H,7,9-10,16-17H2,1-6H3,(H,32,37). The van der Waals surface area contributed by atoms with Gasteiger partial charge in [0, 0.05) is 18.2 Å². The van der Waals surface area contributed by atoms with E-state index in [1.54, 1.807) is 11.6 Å². The minimum Gasteiger partial charge on any atom is -0.481 e. The Kier molecular flexibility index (Phi) is 9.84. The van der Waals surface area contributed by atoms with E-state index in [0.717, 1.165) is 46.6 Å². The van der Waals surface area contributed by atoms with Crippen LogP contribution in [-0.2, 0) is 27.3 Å². The highest BCUT2D eigenvalue weighted by atomic mass is 35.5. The zero-order valence-corrected chi connectivity index (χ0v) is 24.8. The highest BCUT2D eigenvalue weighted by Gasteiger charge is 2.19. The van der Waals surface area contributed by atoms with E-state index in [2.05, 4.69) is 27.4 Å². The molecule has 2 aromatic carbocycles. The van der Waals surface area contributed by atoms with Crippen molar-refractivity contribution in [1.82, 2.24) is 19.8 Å². The first-order chi connectivity index (χ1) is 19.2. The van der Waals surface area contributed by atoms with Gasteiger partial charge in [-0.05, 0) is 82.3 Å². The van der Waals surface area contributed by atoms with Crippen LogP contribution < -0.4 is 10.1 Å². The number of aryl methyl sites for hydroxylation is 4. The number of ether oxygens (including phenoxy) is 3. The Balaban J connectivity index is 1.45. The molecule has 0 saturated heterocycles. The smallest absolute Gasteiger partial charge is 0.265 e. The van der Waals surface area contributed by atoms with Crippen LogP contribution in [0.5, 0.6) is 5.75 Å². The maximum atomic E-state index is 13.0. The molecule has 0 bridgehead atoms. The molecule has 0 radical (unpaired) electrons. The van der Waals surface area contributed by atoms with Crippen molar-refractivity contribution in [3.63, 3.8) is 0 Å². The van der Waals surface area contributed by atoms with Gasteiger partial charge in [-0.15, -0.1) is 5.10 Å². The number of carbonyl (C=O) groups excluding carboxylic acids is 1. The molecular formula is C30H38ClN5O4. The molecule has 2 atom stereocenters. The fourth-order valence-corrected chi connectivity index (χ4v) is 4.59. The molecule has 4 aromatic rings. The summed E-state index contributed by atoms with van der Waals surface area (Å²) < 4.78 is 18.6. The number of hydrogen-bond acceptors (Lipinski definition) is 6. The average molecular weight is 568 g/mol. The lowest BCUT2D eigenvalue weighted by Gasteiger charge is -2.18. The lowest BCUT2D eigenvalue weighted by molar-refractivity contribution is -0.122. The van der Waals surface area contributed by atoms with Crippen LogP contribution in [-0.4, -0.2) is 45.2 Å². The van der Waals surface area contributed by atoms with Gasteiger partial charge in [-0.25, -0.2) is 4.98 Å². The summed E-state index contributed by atoms with van der Waals surface area (Å²) in [7, 11) is 0. The maximum Gasteiger partial charge on any atom is 0.265 e. The quantitative estimate of drug-likeness (QED) is 0.145. The van der Waals surface area contributed by atoms with Gasteiger partial charge in [-0.2, -0.15) is 4.63 Å². The molecule has 2 N–H and O–H groups in total. The van der Waals surface area contributed by atoms with Crippen molar-refractivity contribution in [2.45, 2.75) is 73.0 Å². The van der Waals surface area contributed by atoms with Gasteiger partial charge < -0.3 is 19.5 Å². The molecule has 10 heteroatoms. The van der Waals surface area contributed by atoms with Gasteiger partial charge in [0.15, 0.2) is 17.6 Å². The van der Waals surface area contributed by atoms with Gasteiger partial charge >= 0.3 is 0 Å². The average Bonchev–Trinajstić information content (AvgIpc) is 3.45. The molecule has 1 amide bonds. The molecule has 2 heterocycles. The summed E-state index contributed by atoms with van der Waals surface area (Å²) in [6.07, 6.45) is 0.879. The molecule has 4 rings (SSSR count). The molecule has 0 aliphatic rings. The Morgan fingerprint density at radius 2 is 1.90 bits per heavy atom. The predicted molar refractivity (Wildman–Crippen MR) is 156 cm³/mol. The first-order valence-corrected chi connectivity index (χ1v) is 14.0. The van der Waals surface area contributed by atoms with Crippen LogP contribution in [0, 0.1) is 20.8 Å². The third-order valence-electron chi connectivity index (χ3n) is 6.82. The topological polar surface area (TPSA) is 103 Å². The lowest BCUT2D eigenvalue weighted by Crippen LogP contribution is -2.30. The van der Waals surface area contributed by atoms with E-state index in [9.17, 15) is 4.79 Å². The van der Waals surface area contributed by atoms with Gasteiger partial charge in [0.2, 0.25) is 0 Å². The van der Waals surface area contributed by atoms with Crippen molar-refractivity contribution in [2.75, 3.05) is 18.7 Å². The highest BCUT2D eigenvalue weighted by molar-refractivity contribution is 6.34. The molecule has 2 aromatic heterocycles. The van der Waals surface area contributed by atoms with Gasteiger partial charge in [0.25, 0.3) is 5.91 Å². The fraction of sp³-hybridized carbons (Fsp3) is 0.433. The zero-order chi connectivity index (χ0) is 28.8. The number of amides is 1. The van der Waals surface area contributed by atoms with Gasteiger partial charge in [0.1, 0.15) is 17.6 Å². The first-order valence-electron chi connectivity index (χ1n) is 13.6. The Hall–Kier alpha value is -3.40. The number of nitrogens with zero attached hydrogens (tertiary/aromatic N) is 3. The summed E-state index contributed by atoms with van der Waals surface area (Å²) in [5, 5.41) is 11.3. The van der Waals surface area contributed by atoms with Gasteiger partial charge in [0.05, 0.1) is 12.3 Å². The number of aromatic amines is 1. The molecule has 9 nitrogen and oxygen atoms in total. The molecule has 40 heavy (non-hydrogen) atoms. The van der Waals surface area contributed by atoms with E-state index < -0.39 is 6.10 Å². The van der Waals surface area contributed by atoms with Crippen LogP contribution >= 0.6 is 11.6 Å². The zero-order valence-electron chi connectivity index (χ0n) is 24.0. The molecule has 0 aliphatic heterocycles. The second kappa shape index (κ2) is 13.3. The Bertz CT molecular complexity index is 1460. The van der Waals surface area contributed by atoms with E-state index >= 15 is 0 Å². The van der Waals surface area contributed by atoms with Crippen LogP contribution in [0.3, 0.4) is 0 Å². The van der Waals surface area contributed by atoms with E-state index in [1.807, 2.05) is 64.1 Å². The Morgan fingerprint density at radius 1 is 1.10 bits per heavy atom. The summed E-state index contributed by atoms with van der Waals surface area (Å²) in [6.45, 7) is 12.9. The van der Waals surface area contributed by atoms with Crippen molar-refractivity contribution in [3.05, 3.63) is 75.2 Å². The first kappa shape index (κ1) is 29.6. The largest absolute Gasteiger partial charge is 0.481 e. The van der Waals surface area contributed by atoms with Crippen molar-refractivity contribution in [1.29, 1.82) is 0 Å². The summed E-state index contributed by atoms with van der Waals surface area (Å²) in [4.78, 5) is 17.6. The molecule has 0 aliphatic carbocycles. The number of halogens is 1. The van der Waals surface area contributed by atoms with Crippen molar-refractivity contribution < 1.29 is 19.0 Å². The SMILES string of the molecule is CCOCOCc1ccc(NC(=O)C(C)Oc2ccc(C)cc2C)cc1CCC(C)c1nc2c(Cl)c(C)[nH]n2n1. The van der Waals surface area contributed by atoms with E-state index in [-0.39, 0.29) is 18.6 Å². The second-order valence-electron chi connectivity index (χ2n) is 10.2. The van der Waals surface area contributed by atoms with Crippen molar-refractivity contribution in [3.8, 4) is 5.75 Å². The van der Waals surface area contributed by atoms with Crippen molar-refractivity contribution in [2.24, 2.45) is 0 Å². The third kappa shape index (κ3) is 7.21. The van der Waals surface area contributed by atoms with Crippen molar-refractivity contribution >= 4 is 28.8 Å². The van der Waals surface area contributed by atoms with Crippen LogP contribution in [0.25, 0.3) is 5.65 Å². The summed E-state index contributed by atoms with van der Waals surface area (Å²) >= 11 is 6.34. The molecule has 0 saturated carbocycles. The summed E-state index contributed by atoms with van der Waals surface area (Å²) in [6, 6.07) is 11.8. The number of aromatic nitrogens is 4. The van der Waals surface area contributed by atoms with Crippen LogP contribution in [0.1, 0.15) is 66.9 Å². The second-order valence-corrected chi connectivity index (χ2v) is 10.5.